The highest BCUT2D eigenvalue weighted by molar-refractivity contribution is 7.16. The van der Waals surface area contributed by atoms with Gasteiger partial charge in [-0.3, -0.25) is 4.79 Å². The van der Waals surface area contributed by atoms with E-state index in [-0.39, 0.29) is 12.2 Å². The summed E-state index contributed by atoms with van der Waals surface area (Å²) < 4.78 is 0. The summed E-state index contributed by atoms with van der Waals surface area (Å²) in [6, 6.07) is 13.0. The Bertz CT molecular complexity index is 1060. The number of aromatic hydroxyl groups is 1. The molecule has 0 bridgehead atoms. The van der Waals surface area contributed by atoms with E-state index in [1.54, 1.807) is 23.5 Å². The molecule has 3 rings (SSSR count). The number of phenolic OH excluding ortho intramolecular Hbond substituents is 1. The summed E-state index contributed by atoms with van der Waals surface area (Å²) in [6.07, 6.45) is 0.847. The lowest BCUT2D eigenvalue weighted by Gasteiger charge is -2.21. The van der Waals surface area contributed by atoms with Crippen molar-refractivity contribution in [2.45, 2.75) is 40.2 Å². The van der Waals surface area contributed by atoms with Gasteiger partial charge < -0.3 is 15.1 Å². The first kappa shape index (κ1) is 23.1. The average molecular weight is 459 g/mol. The van der Waals surface area contributed by atoms with Crippen LogP contribution in [-0.2, 0) is 17.8 Å². The number of aromatic nitrogens is 1. The van der Waals surface area contributed by atoms with E-state index >= 15 is 0 Å². The molecule has 0 aliphatic carbocycles. The molecule has 0 radical (unpaired) electrons. The number of aryl methyl sites for hydroxylation is 1. The summed E-state index contributed by atoms with van der Waals surface area (Å²) in [7, 11) is 0. The van der Waals surface area contributed by atoms with Gasteiger partial charge in [0.05, 0.1) is 12.1 Å². The number of anilines is 1. The quantitative estimate of drug-likeness (QED) is 0.401. The topological polar surface area (TPSA) is 73.7 Å². The van der Waals surface area contributed by atoms with Gasteiger partial charge >= 0.3 is 5.97 Å². The Morgan fingerprint density at radius 2 is 1.97 bits per heavy atom. The van der Waals surface area contributed by atoms with E-state index < -0.39 is 5.97 Å². The normalized spacial score (nSPS) is 11.1. The summed E-state index contributed by atoms with van der Waals surface area (Å²) >= 11 is 7.95. The number of nitrogens with zero attached hydrogens (tertiary/aromatic N) is 2. The molecule has 0 amide bonds. The number of thiazole rings is 1. The SMILES string of the molecule is Cc1ccc(-c2nc(N(CCC(=O)O)Cc3ccccc3O)sc2CC(C)C)cc1Cl. The van der Waals surface area contributed by atoms with Gasteiger partial charge in [0, 0.05) is 34.1 Å². The third-order valence-electron chi connectivity index (χ3n) is 4.94. The van der Waals surface area contributed by atoms with E-state index in [9.17, 15) is 15.0 Å². The van der Waals surface area contributed by atoms with Crippen LogP contribution in [0.3, 0.4) is 0 Å². The second-order valence-corrected chi connectivity index (χ2v) is 9.49. The molecule has 0 saturated carbocycles. The highest BCUT2D eigenvalue weighted by Crippen LogP contribution is 2.37. The fourth-order valence-electron chi connectivity index (χ4n) is 3.27. The first-order valence-electron chi connectivity index (χ1n) is 10.2. The lowest BCUT2D eigenvalue weighted by molar-refractivity contribution is -0.136. The molecule has 0 spiro atoms. The van der Waals surface area contributed by atoms with Gasteiger partial charge in [0.2, 0.25) is 0 Å². The lowest BCUT2D eigenvalue weighted by Crippen LogP contribution is -2.25. The van der Waals surface area contributed by atoms with Crippen LogP contribution in [0.15, 0.2) is 42.5 Å². The number of benzene rings is 2. The van der Waals surface area contributed by atoms with Gasteiger partial charge in [-0.05, 0) is 37.0 Å². The highest BCUT2D eigenvalue weighted by atomic mass is 35.5. The minimum Gasteiger partial charge on any atom is -0.508 e. The van der Waals surface area contributed by atoms with E-state index in [0.29, 0.717) is 24.0 Å². The Morgan fingerprint density at radius 3 is 2.61 bits per heavy atom. The minimum atomic E-state index is -0.869. The molecular weight excluding hydrogens is 432 g/mol. The number of hydrogen-bond donors (Lipinski definition) is 2. The average Bonchev–Trinajstić information content (AvgIpc) is 3.11. The van der Waals surface area contributed by atoms with Gasteiger partial charge in [-0.1, -0.05) is 55.8 Å². The van der Waals surface area contributed by atoms with Gasteiger partial charge in [0.15, 0.2) is 5.13 Å². The van der Waals surface area contributed by atoms with Crippen LogP contribution in [-0.4, -0.2) is 27.7 Å². The fraction of sp³-hybridized carbons (Fsp3) is 0.333. The van der Waals surface area contributed by atoms with Crippen LogP contribution in [0.25, 0.3) is 11.3 Å². The molecule has 2 aromatic carbocycles. The number of carboxylic acids is 1. The lowest BCUT2D eigenvalue weighted by atomic mass is 10.0. The zero-order valence-electron chi connectivity index (χ0n) is 17.9. The second-order valence-electron chi connectivity index (χ2n) is 8.02. The zero-order chi connectivity index (χ0) is 22.5. The molecule has 0 unspecified atom stereocenters. The van der Waals surface area contributed by atoms with Crippen molar-refractivity contribution in [2.24, 2.45) is 5.92 Å². The maximum atomic E-state index is 11.3. The third-order valence-corrected chi connectivity index (χ3v) is 6.49. The van der Waals surface area contributed by atoms with E-state index in [1.807, 2.05) is 42.2 Å². The zero-order valence-corrected chi connectivity index (χ0v) is 19.5. The van der Waals surface area contributed by atoms with Gasteiger partial charge in [-0.15, -0.1) is 11.3 Å². The molecule has 7 heteroatoms. The molecule has 31 heavy (non-hydrogen) atoms. The van der Waals surface area contributed by atoms with Crippen LogP contribution >= 0.6 is 22.9 Å². The Hall–Kier alpha value is -2.57. The molecule has 1 aromatic heterocycles. The largest absolute Gasteiger partial charge is 0.508 e. The number of hydrogen-bond acceptors (Lipinski definition) is 5. The Kier molecular flexibility index (Phi) is 7.57. The van der Waals surface area contributed by atoms with Gasteiger partial charge in [-0.2, -0.15) is 0 Å². The van der Waals surface area contributed by atoms with Crippen molar-refractivity contribution in [3.05, 3.63) is 63.5 Å². The minimum absolute atomic E-state index is 0.0155. The van der Waals surface area contributed by atoms with Crippen molar-refractivity contribution < 1.29 is 15.0 Å². The van der Waals surface area contributed by atoms with E-state index in [0.717, 1.165) is 38.8 Å². The molecule has 0 saturated heterocycles. The number of rotatable bonds is 9. The number of halogens is 1. The molecule has 0 fully saturated rings. The summed E-state index contributed by atoms with van der Waals surface area (Å²) in [5.74, 6) is -0.238. The first-order chi connectivity index (χ1) is 14.7. The molecule has 2 N–H and O–H groups in total. The van der Waals surface area contributed by atoms with Crippen LogP contribution < -0.4 is 4.90 Å². The predicted molar refractivity (Wildman–Crippen MR) is 127 cm³/mol. The second kappa shape index (κ2) is 10.2. The summed E-state index contributed by atoms with van der Waals surface area (Å²) in [6.45, 7) is 6.97. The standard InChI is InChI=1S/C24H27ClN2O3S/c1-15(2)12-21-23(17-9-8-16(3)19(25)13-17)26-24(31-21)27(11-10-22(29)30)14-18-6-4-5-7-20(18)28/h4-9,13,15,28H,10-12,14H2,1-3H3,(H,29,30). The van der Waals surface area contributed by atoms with Crippen molar-refractivity contribution in [2.75, 3.05) is 11.4 Å². The van der Waals surface area contributed by atoms with Crippen LogP contribution in [0.5, 0.6) is 5.75 Å². The molecular formula is C24H27ClN2O3S. The number of carboxylic acid groups (broad SMARTS) is 1. The Labute approximate surface area is 192 Å². The van der Waals surface area contributed by atoms with Crippen molar-refractivity contribution in [1.82, 2.24) is 4.98 Å². The number of carbonyl (C=O) groups is 1. The monoisotopic (exact) mass is 458 g/mol. The van der Waals surface area contributed by atoms with Gasteiger partial charge in [0.25, 0.3) is 0 Å². The number of phenols is 1. The third kappa shape index (κ3) is 5.99. The predicted octanol–water partition coefficient (Wildman–Crippen LogP) is 6.16. The van der Waals surface area contributed by atoms with Crippen LogP contribution in [0.1, 0.15) is 36.3 Å². The molecule has 0 aliphatic rings. The van der Waals surface area contributed by atoms with Crippen LogP contribution in [0.4, 0.5) is 5.13 Å². The van der Waals surface area contributed by atoms with Crippen molar-refractivity contribution in [1.29, 1.82) is 0 Å². The molecule has 3 aromatic rings. The van der Waals surface area contributed by atoms with Crippen molar-refractivity contribution in [3.8, 4) is 17.0 Å². The van der Waals surface area contributed by atoms with Gasteiger partial charge in [0.1, 0.15) is 5.75 Å². The number of para-hydroxylation sites is 1. The molecule has 5 nitrogen and oxygen atoms in total. The van der Waals surface area contributed by atoms with Gasteiger partial charge in [-0.25, -0.2) is 4.98 Å². The van der Waals surface area contributed by atoms with Crippen LogP contribution in [0, 0.1) is 12.8 Å². The van der Waals surface area contributed by atoms with E-state index in [4.69, 9.17) is 16.6 Å². The Balaban J connectivity index is 2.02. The summed E-state index contributed by atoms with van der Waals surface area (Å²) in [4.78, 5) is 19.2. The van der Waals surface area contributed by atoms with E-state index in [1.165, 1.54) is 0 Å². The van der Waals surface area contributed by atoms with E-state index in [2.05, 4.69) is 13.8 Å². The van der Waals surface area contributed by atoms with Crippen LogP contribution in [0.2, 0.25) is 5.02 Å². The summed E-state index contributed by atoms with van der Waals surface area (Å²) in [5.41, 5.74) is 3.57. The molecule has 1 heterocycles. The Morgan fingerprint density at radius 1 is 1.23 bits per heavy atom. The maximum absolute atomic E-state index is 11.3. The highest BCUT2D eigenvalue weighted by Gasteiger charge is 2.20. The first-order valence-corrected chi connectivity index (χ1v) is 11.4. The van der Waals surface area contributed by atoms with Crippen molar-refractivity contribution >= 4 is 34.0 Å². The van der Waals surface area contributed by atoms with Crippen molar-refractivity contribution in [3.63, 3.8) is 0 Å². The molecule has 0 atom stereocenters. The molecule has 164 valence electrons. The molecule has 0 aliphatic heterocycles. The smallest absolute Gasteiger partial charge is 0.305 e. The fourth-order valence-corrected chi connectivity index (χ4v) is 4.77. The number of aliphatic carboxylic acids is 1. The maximum Gasteiger partial charge on any atom is 0.305 e. The summed E-state index contributed by atoms with van der Waals surface area (Å²) in [5, 5.41) is 20.9.